The first kappa shape index (κ1) is 25.4. The number of aldehydes is 4. The summed E-state index contributed by atoms with van der Waals surface area (Å²) in [6.07, 6.45) is -0.667. The first-order valence-electron chi connectivity index (χ1n) is 3.81. The largest absolute Gasteiger partial charge is 0.476 e. The number of carbonyl (C=O) groups is 8. The van der Waals surface area contributed by atoms with Gasteiger partial charge in [0.2, 0.25) is 25.1 Å². The van der Waals surface area contributed by atoms with Gasteiger partial charge in [0.25, 0.3) is 0 Å². The van der Waals surface area contributed by atoms with Gasteiger partial charge in [-0.05, 0) is 0 Å². The average molecular weight is 296 g/mol. The molecule has 0 radical (unpaired) electrons. The standard InChI is InChI=1S/4C2H2O3/c4*3-1-2(4)5/h4*1H,(H,4,5). The molecular formula is C8H8O12. The summed E-state index contributed by atoms with van der Waals surface area (Å²) in [5.41, 5.74) is 0. The molecule has 0 unspecified atom stereocenters. The number of hydrogen-bond donors (Lipinski definition) is 4. The van der Waals surface area contributed by atoms with Crippen LogP contribution in [0.3, 0.4) is 0 Å². The van der Waals surface area contributed by atoms with Gasteiger partial charge in [0.15, 0.2) is 0 Å². The molecule has 0 rings (SSSR count). The zero-order valence-electron chi connectivity index (χ0n) is 9.36. The molecule has 0 aliphatic rings. The number of carbonyl (C=O) groups excluding carboxylic acids is 4. The summed E-state index contributed by atoms with van der Waals surface area (Å²) in [4.78, 5) is 71.6. The van der Waals surface area contributed by atoms with Crippen molar-refractivity contribution < 1.29 is 58.8 Å². The van der Waals surface area contributed by atoms with Gasteiger partial charge in [0, 0.05) is 0 Å². The number of rotatable bonds is 4. The highest BCUT2D eigenvalue weighted by atomic mass is 16.4. The van der Waals surface area contributed by atoms with Gasteiger partial charge in [-0.1, -0.05) is 0 Å². The van der Waals surface area contributed by atoms with Crippen LogP contribution >= 0.6 is 0 Å². The van der Waals surface area contributed by atoms with Gasteiger partial charge in [0.1, 0.15) is 0 Å². The van der Waals surface area contributed by atoms with Crippen molar-refractivity contribution in [1.82, 2.24) is 0 Å². The molecule has 0 spiro atoms. The number of hydrogen-bond acceptors (Lipinski definition) is 8. The lowest BCUT2D eigenvalue weighted by atomic mass is 10.8. The highest BCUT2D eigenvalue weighted by Crippen LogP contribution is 1.40. The van der Waals surface area contributed by atoms with Crippen LogP contribution in [0.5, 0.6) is 0 Å². The zero-order valence-corrected chi connectivity index (χ0v) is 9.36. The fraction of sp³-hybridized carbons (Fsp3) is 0. The van der Waals surface area contributed by atoms with Crippen molar-refractivity contribution in [3.8, 4) is 0 Å². The Labute approximate surface area is 109 Å². The van der Waals surface area contributed by atoms with E-state index >= 15 is 0 Å². The van der Waals surface area contributed by atoms with E-state index in [0.717, 1.165) is 0 Å². The molecule has 0 heterocycles. The number of carboxylic acids is 4. The first-order valence-corrected chi connectivity index (χ1v) is 3.81. The van der Waals surface area contributed by atoms with Gasteiger partial charge in [0.05, 0.1) is 0 Å². The van der Waals surface area contributed by atoms with E-state index in [4.69, 9.17) is 58.8 Å². The molecule has 12 heteroatoms. The minimum absolute atomic E-state index is 0.167. The van der Waals surface area contributed by atoms with Gasteiger partial charge >= 0.3 is 23.9 Å². The van der Waals surface area contributed by atoms with Crippen LogP contribution in [0.25, 0.3) is 0 Å². The van der Waals surface area contributed by atoms with E-state index in [-0.39, 0.29) is 25.1 Å². The third-order valence-electron chi connectivity index (χ3n) is 0.403. The Morgan fingerprint density at radius 1 is 0.450 bits per heavy atom. The fourth-order valence-corrected chi connectivity index (χ4v) is 0. The van der Waals surface area contributed by atoms with Crippen molar-refractivity contribution in [2.24, 2.45) is 0 Å². The Kier molecular flexibility index (Phi) is 26.6. The Morgan fingerprint density at radius 2 is 0.500 bits per heavy atom. The molecule has 0 aromatic rings. The van der Waals surface area contributed by atoms with Gasteiger partial charge in [-0.2, -0.15) is 0 Å². The maximum atomic E-state index is 9.00. The maximum Gasteiger partial charge on any atom is 0.368 e. The van der Waals surface area contributed by atoms with E-state index in [9.17, 15) is 0 Å². The summed E-state index contributed by atoms with van der Waals surface area (Å²) < 4.78 is 0. The second-order valence-corrected chi connectivity index (χ2v) is 1.82. The molecule has 0 aliphatic heterocycles. The van der Waals surface area contributed by atoms with E-state index in [0.29, 0.717) is 0 Å². The Bertz CT molecular complexity index is 296. The van der Waals surface area contributed by atoms with Crippen LogP contribution < -0.4 is 0 Å². The summed E-state index contributed by atoms with van der Waals surface area (Å²) in [5.74, 6) is -5.70. The van der Waals surface area contributed by atoms with Gasteiger partial charge in [-0.15, -0.1) is 0 Å². The molecule has 20 heavy (non-hydrogen) atoms. The summed E-state index contributed by atoms with van der Waals surface area (Å²) in [6, 6.07) is 0. The van der Waals surface area contributed by atoms with E-state index in [1.807, 2.05) is 0 Å². The topological polar surface area (TPSA) is 217 Å². The summed E-state index contributed by atoms with van der Waals surface area (Å²) >= 11 is 0. The van der Waals surface area contributed by atoms with Crippen LogP contribution in [0.1, 0.15) is 0 Å². The Morgan fingerprint density at radius 3 is 0.500 bits per heavy atom. The quantitative estimate of drug-likeness (QED) is 0.303. The highest BCUT2D eigenvalue weighted by molar-refractivity contribution is 6.19. The SMILES string of the molecule is O=CC(=O)O.O=CC(=O)O.O=CC(=O)O.O=CC(=O)O. The first-order chi connectivity index (χ1) is 9.08. The van der Waals surface area contributed by atoms with E-state index < -0.39 is 23.9 Å². The maximum absolute atomic E-state index is 9.00. The molecule has 0 saturated heterocycles. The van der Waals surface area contributed by atoms with E-state index in [1.54, 1.807) is 0 Å². The lowest BCUT2D eigenvalue weighted by Gasteiger charge is -1.59. The van der Waals surface area contributed by atoms with Gasteiger partial charge in [-0.3, -0.25) is 19.2 Å². The monoisotopic (exact) mass is 296 g/mol. The molecule has 0 amide bonds. The van der Waals surface area contributed by atoms with Crippen LogP contribution in [0.4, 0.5) is 0 Å². The molecule has 0 atom stereocenters. The molecule has 4 N–H and O–H groups in total. The predicted octanol–water partition coefficient (Wildman–Crippen LogP) is -2.92. The van der Waals surface area contributed by atoms with Crippen LogP contribution in [0.15, 0.2) is 0 Å². The molecule has 0 aromatic carbocycles. The molecule has 112 valence electrons. The Hall–Kier alpha value is -3.44. The molecule has 0 fully saturated rings. The minimum Gasteiger partial charge on any atom is -0.476 e. The molecule has 0 bridgehead atoms. The summed E-state index contributed by atoms with van der Waals surface area (Å²) in [6.45, 7) is 0. The third kappa shape index (κ3) is 129. The van der Waals surface area contributed by atoms with Crippen molar-refractivity contribution in [1.29, 1.82) is 0 Å². The normalized spacial score (nSPS) is 6.40. The molecule has 0 aliphatic carbocycles. The fourth-order valence-electron chi connectivity index (χ4n) is 0. The average Bonchev–Trinajstić information content (AvgIpc) is 2.40. The van der Waals surface area contributed by atoms with Crippen LogP contribution in [0.2, 0.25) is 0 Å². The highest BCUT2D eigenvalue weighted by Gasteiger charge is 1.81. The van der Waals surface area contributed by atoms with Crippen LogP contribution in [-0.4, -0.2) is 69.4 Å². The molecule has 0 saturated carbocycles. The summed E-state index contributed by atoms with van der Waals surface area (Å²) in [5, 5.41) is 29.4. The van der Waals surface area contributed by atoms with Gasteiger partial charge in [-0.25, -0.2) is 19.2 Å². The Balaban J connectivity index is -0.0000000853. The lowest BCUT2D eigenvalue weighted by molar-refractivity contribution is -0.143. The molecule has 0 aromatic heterocycles. The van der Waals surface area contributed by atoms with E-state index in [2.05, 4.69) is 0 Å². The van der Waals surface area contributed by atoms with Crippen molar-refractivity contribution in [2.45, 2.75) is 0 Å². The molecule has 12 nitrogen and oxygen atoms in total. The van der Waals surface area contributed by atoms with Crippen molar-refractivity contribution >= 4 is 49.0 Å². The predicted molar refractivity (Wildman–Crippen MR) is 54.8 cm³/mol. The zero-order chi connectivity index (χ0) is 17.1. The minimum atomic E-state index is -1.43. The number of carboxylic acid groups (broad SMARTS) is 4. The van der Waals surface area contributed by atoms with Crippen molar-refractivity contribution in [3.05, 3.63) is 0 Å². The lowest BCUT2D eigenvalue weighted by Crippen LogP contribution is -1.91. The summed E-state index contributed by atoms with van der Waals surface area (Å²) in [7, 11) is 0. The smallest absolute Gasteiger partial charge is 0.368 e. The number of aliphatic carboxylic acids is 4. The second-order valence-electron chi connectivity index (χ2n) is 1.82. The molecular weight excluding hydrogens is 288 g/mol. The third-order valence-corrected chi connectivity index (χ3v) is 0.403. The van der Waals surface area contributed by atoms with Crippen molar-refractivity contribution in [2.75, 3.05) is 0 Å². The van der Waals surface area contributed by atoms with Crippen LogP contribution in [0, 0.1) is 0 Å². The van der Waals surface area contributed by atoms with Gasteiger partial charge < -0.3 is 20.4 Å². The van der Waals surface area contributed by atoms with Crippen LogP contribution in [-0.2, 0) is 38.4 Å². The van der Waals surface area contributed by atoms with E-state index in [1.165, 1.54) is 0 Å². The second kappa shape index (κ2) is 20.9. The van der Waals surface area contributed by atoms with Crippen molar-refractivity contribution in [3.63, 3.8) is 0 Å².